The Kier molecular flexibility index (Phi) is 4.94. The Morgan fingerprint density at radius 3 is 2.67 bits per heavy atom. The van der Waals surface area contributed by atoms with Crippen LogP contribution in [0.15, 0.2) is 0 Å². The van der Waals surface area contributed by atoms with E-state index < -0.39 is 12.1 Å². The lowest BCUT2D eigenvalue weighted by atomic mass is 10.0. The third-order valence-corrected chi connectivity index (χ3v) is 2.67. The SMILES string of the molecule is CC(C)CC(NC(N)=O)C(=O)N1CCNC(=O)C1. The Hall–Kier alpha value is -1.79. The predicted molar refractivity (Wildman–Crippen MR) is 65.6 cm³/mol. The van der Waals surface area contributed by atoms with Crippen LogP contribution in [0.1, 0.15) is 20.3 Å². The fraction of sp³-hybridized carbons (Fsp3) is 0.727. The van der Waals surface area contributed by atoms with Crippen molar-refractivity contribution in [2.75, 3.05) is 19.6 Å². The Morgan fingerprint density at radius 1 is 1.50 bits per heavy atom. The van der Waals surface area contributed by atoms with Gasteiger partial charge in [-0.25, -0.2) is 4.79 Å². The summed E-state index contributed by atoms with van der Waals surface area (Å²) in [5, 5.41) is 5.08. The van der Waals surface area contributed by atoms with Crippen molar-refractivity contribution in [2.45, 2.75) is 26.3 Å². The summed E-state index contributed by atoms with van der Waals surface area (Å²) in [6, 6.07) is -1.39. The largest absolute Gasteiger partial charge is 0.353 e. The Labute approximate surface area is 106 Å². The first-order valence-electron chi connectivity index (χ1n) is 6.01. The average molecular weight is 256 g/mol. The van der Waals surface area contributed by atoms with Gasteiger partial charge < -0.3 is 21.3 Å². The summed E-state index contributed by atoms with van der Waals surface area (Å²) in [6.07, 6.45) is 0.500. The third kappa shape index (κ3) is 4.23. The van der Waals surface area contributed by atoms with Gasteiger partial charge in [0, 0.05) is 13.1 Å². The lowest BCUT2D eigenvalue weighted by Gasteiger charge is -2.30. The lowest BCUT2D eigenvalue weighted by Crippen LogP contribution is -2.56. The molecule has 0 spiro atoms. The fourth-order valence-electron chi connectivity index (χ4n) is 1.91. The molecule has 1 saturated heterocycles. The molecule has 0 aromatic rings. The second-order valence-electron chi connectivity index (χ2n) is 4.80. The molecule has 4 amide bonds. The number of hydrogen-bond acceptors (Lipinski definition) is 3. The molecule has 1 unspecified atom stereocenters. The molecule has 1 aliphatic rings. The first-order chi connectivity index (χ1) is 8.40. The van der Waals surface area contributed by atoms with Gasteiger partial charge in [-0.15, -0.1) is 0 Å². The number of rotatable bonds is 4. The van der Waals surface area contributed by atoms with Crippen molar-refractivity contribution < 1.29 is 14.4 Å². The van der Waals surface area contributed by atoms with Crippen LogP contribution in [-0.4, -0.2) is 48.4 Å². The van der Waals surface area contributed by atoms with Gasteiger partial charge in [-0.3, -0.25) is 9.59 Å². The smallest absolute Gasteiger partial charge is 0.312 e. The molecule has 0 saturated carbocycles. The summed E-state index contributed by atoms with van der Waals surface area (Å²) < 4.78 is 0. The molecule has 1 rings (SSSR count). The van der Waals surface area contributed by atoms with Gasteiger partial charge >= 0.3 is 6.03 Å². The van der Waals surface area contributed by atoms with Gasteiger partial charge in [0.1, 0.15) is 6.04 Å². The number of nitrogens with one attached hydrogen (secondary N) is 2. The monoisotopic (exact) mass is 256 g/mol. The van der Waals surface area contributed by atoms with Gasteiger partial charge in [-0.05, 0) is 12.3 Å². The molecule has 102 valence electrons. The maximum absolute atomic E-state index is 12.2. The molecule has 0 aromatic carbocycles. The second-order valence-corrected chi connectivity index (χ2v) is 4.80. The number of nitrogens with two attached hydrogens (primary N) is 1. The highest BCUT2D eigenvalue weighted by molar-refractivity contribution is 5.90. The van der Waals surface area contributed by atoms with E-state index in [1.54, 1.807) is 0 Å². The van der Waals surface area contributed by atoms with E-state index in [9.17, 15) is 14.4 Å². The molecule has 1 heterocycles. The zero-order valence-electron chi connectivity index (χ0n) is 10.7. The average Bonchev–Trinajstić information content (AvgIpc) is 2.26. The molecule has 0 radical (unpaired) electrons. The van der Waals surface area contributed by atoms with Crippen LogP contribution in [0, 0.1) is 5.92 Å². The van der Waals surface area contributed by atoms with Crippen molar-refractivity contribution >= 4 is 17.8 Å². The molecule has 0 aliphatic carbocycles. The van der Waals surface area contributed by atoms with Crippen LogP contribution in [0.5, 0.6) is 0 Å². The number of amides is 4. The van der Waals surface area contributed by atoms with Crippen LogP contribution in [0.3, 0.4) is 0 Å². The molecular weight excluding hydrogens is 236 g/mol. The van der Waals surface area contributed by atoms with Crippen LogP contribution < -0.4 is 16.4 Å². The predicted octanol–water partition coefficient (Wildman–Crippen LogP) is -0.972. The number of carbonyl (C=O) groups is 3. The minimum atomic E-state index is -0.726. The van der Waals surface area contributed by atoms with E-state index in [2.05, 4.69) is 10.6 Å². The minimum absolute atomic E-state index is 0.0356. The molecule has 7 heteroatoms. The summed E-state index contributed by atoms with van der Waals surface area (Å²) >= 11 is 0. The van der Waals surface area contributed by atoms with Crippen molar-refractivity contribution in [3.63, 3.8) is 0 Å². The molecule has 1 aliphatic heterocycles. The maximum atomic E-state index is 12.2. The molecule has 0 aromatic heterocycles. The van der Waals surface area contributed by atoms with Crippen molar-refractivity contribution in [1.82, 2.24) is 15.5 Å². The van der Waals surface area contributed by atoms with Crippen LogP contribution >= 0.6 is 0 Å². The maximum Gasteiger partial charge on any atom is 0.312 e. The van der Waals surface area contributed by atoms with E-state index in [4.69, 9.17) is 5.73 Å². The Morgan fingerprint density at radius 2 is 2.17 bits per heavy atom. The highest BCUT2D eigenvalue weighted by Gasteiger charge is 2.29. The molecular formula is C11H20N4O3. The van der Waals surface area contributed by atoms with Gasteiger partial charge in [0.25, 0.3) is 0 Å². The standard InChI is InChI=1S/C11H20N4O3/c1-7(2)5-8(14-11(12)18)10(17)15-4-3-13-9(16)6-15/h7-8H,3-6H2,1-2H3,(H,13,16)(H3,12,14,18). The molecule has 1 fully saturated rings. The molecule has 7 nitrogen and oxygen atoms in total. The topological polar surface area (TPSA) is 105 Å². The Bertz CT molecular complexity index is 343. The number of urea groups is 1. The van der Waals surface area contributed by atoms with E-state index in [1.165, 1.54) is 4.90 Å². The van der Waals surface area contributed by atoms with Crippen molar-refractivity contribution in [1.29, 1.82) is 0 Å². The lowest BCUT2D eigenvalue weighted by molar-refractivity contribution is -0.139. The van der Waals surface area contributed by atoms with Crippen LogP contribution in [0.25, 0.3) is 0 Å². The third-order valence-electron chi connectivity index (χ3n) is 2.67. The van der Waals surface area contributed by atoms with E-state index >= 15 is 0 Å². The van der Waals surface area contributed by atoms with Gasteiger partial charge in [0.15, 0.2) is 0 Å². The van der Waals surface area contributed by atoms with Crippen LogP contribution in [0.4, 0.5) is 4.79 Å². The summed E-state index contributed by atoms with van der Waals surface area (Å²) in [5.74, 6) is -0.196. The highest BCUT2D eigenvalue weighted by Crippen LogP contribution is 2.08. The minimum Gasteiger partial charge on any atom is -0.353 e. The van der Waals surface area contributed by atoms with Gasteiger partial charge in [-0.2, -0.15) is 0 Å². The number of hydrogen-bond donors (Lipinski definition) is 3. The van der Waals surface area contributed by atoms with E-state index in [-0.39, 0.29) is 24.3 Å². The highest BCUT2D eigenvalue weighted by atomic mass is 16.2. The zero-order valence-corrected chi connectivity index (χ0v) is 10.7. The van der Waals surface area contributed by atoms with E-state index in [1.807, 2.05) is 13.8 Å². The van der Waals surface area contributed by atoms with Gasteiger partial charge in [0.2, 0.25) is 11.8 Å². The summed E-state index contributed by atoms with van der Waals surface area (Å²) in [6.45, 7) is 4.83. The van der Waals surface area contributed by atoms with Gasteiger partial charge in [0.05, 0.1) is 6.54 Å². The summed E-state index contributed by atoms with van der Waals surface area (Å²) in [7, 11) is 0. The zero-order chi connectivity index (χ0) is 13.7. The summed E-state index contributed by atoms with van der Waals surface area (Å²) in [4.78, 5) is 35.8. The van der Waals surface area contributed by atoms with Crippen molar-refractivity contribution in [2.24, 2.45) is 11.7 Å². The molecule has 1 atom stereocenters. The quantitative estimate of drug-likeness (QED) is 0.602. The normalized spacial score (nSPS) is 17.3. The fourth-order valence-corrected chi connectivity index (χ4v) is 1.91. The molecule has 4 N–H and O–H groups in total. The number of nitrogens with zero attached hydrogens (tertiary/aromatic N) is 1. The molecule has 0 bridgehead atoms. The second kappa shape index (κ2) is 6.23. The van der Waals surface area contributed by atoms with E-state index in [0.717, 1.165) is 0 Å². The number of primary amides is 1. The van der Waals surface area contributed by atoms with E-state index in [0.29, 0.717) is 19.5 Å². The van der Waals surface area contributed by atoms with Crippen molar-refractivity contribution in [3.05, 3.63) is 0 Å². The van der Waals surface area contributed by atoms with Crippen LogP contribution in [-0.2, 0) is 9.59 Å². The number of carbonyl (C=O) groups excluding carboxylic acids is 3. The first-order valence-corrected chi connectivity index (χ1v) is 6.01. The Balaban J connectivity index is 2.67. The van der Waals surface area contributed by atoms with Crippen LogP contribution in [0.2, 0.25) is 0 Å². The van der Waals surface area contributed by atoms with Gasteiger partial charge in [-0.1, -0.05) is 13.8 Å². The molecule has 18 heavy (non-hydrogen) atoms. The summed E-state index contributed by atoms with van der Waals surface area (Å²) in [5.41, 5.74) is 5.06. The number of piperazine rings is 1. The first kappa shape index (κ1) is 14.3. The van der Waals surface area contributed by atoms with Crippen molar-refractivity contribution in [3.8, 4) is 0 Å².